The number of benzene rings is 1. The summed E-state index contributed by atoms with van der Waals surface area (Å²) < 4.78 is 18.6. The van der Waals surface area contributed by atoms with Crippen molar-refractivity contribution >= 4 is 0 Å². The maximum atomic E-state index is 13.3. The van der Waals surface area contributed by atoms with E-state index in [0.29, 0.717) is 17.7 Å². The Morgan fingerprint density at radius 2 is 2.33 bits per heavy atom. The van der Waals surface area contributed by atoms with Crippen molar-refractivity contribution in [2.75, 3.05) is 6.61 Å². The second-order valence-corrected chi connectivity index (χ2v) is 4.00. The number of aryl methyl sites for hydroxylation is 1. The van der Waals surface area contributed by atoms with Crippen molar-refractivity contribution in [1.82, 2.24) is 0 Å². The molecule has 1 heterocycles. The van der Waals surface area contributed by atoms with E-state index in [-0.39, 0.29) is 11.9 Å². The highest BCUT2D eigenvalue weighted by atomic mass is 19.1. The Hall–Kier alpha value is -0.930. The third kappa shape index (κ3) is 2.19. The van der Waals surface area contributed by atoms with Crippen molar-refractivity contribution in [2.24, 2.45) is 0 Å². The Balaban J connectivity index is 2.17. The second-order valence-electron chi connectivity index (χ2n) is 4.00. The summed E-state index contributed by atoms with van der Waals surface area (Å²) in [5.41, 5.74) is 1.20. The first-order valence-electron chi connectivity index (χ1n) is 5.24. The molecule has 2 nitrogen and oxygen atoms in total. The predicted molar refractivity (Wildman–Crippen MR) is 55.1 cm³/mol. The SMILES string of the molecule is Cc1ccc(C(O)C2CCCO2)cc1F. The first-order valence-corrected chi connectivity index (χ1v) is 5.24. The quantitative estimate of drug-likeness (QED) is 0.811. The smallest absolute Gasteiger partial charge is 0.126 e. The minimum atomic E-state index is -0.706. The summed E-state index contributed by atoms with van der Waals surface area (Å²) in [7, 11) is 0. The molecule has 1 aliphatic rings. The van der Waals surface area contributed by atoms with Crippen LogP contribution in [0, 0.1) is 12.7 Å². The molecule has 1 N–H and O–H groups in total. The number of aliphatic hydroxyl groups excluding tert-OH is 1. The number of ether oxygens (including phenoxy) is 1. The molecule has 1 fully saturated rings. The molecule has 15 heavy (non-hydrogen) atoms. The zero-order valence-electron chi connectivity index (χ0n) is 8.74. The van der Waals surface area contributed by atoms with E-state index in [1.165, 1.54) is 6.07 Å². The van der Waals surface area contributed by atoms with Crippen molar-refractivity contribution in [2.45, 2.75) is 32.0 Å². The van der Waals surface area contributed by atoms with Gasteiger partial charge in [0.05, 0.1) is 6.10 Å². The van der Waals surface area contributed by atoms with Crippen LogP contribution in [0.15, 0.2) is 18.2 Å². The van der Waals surface area contributed by atoms with Gasteiger partial charge in [-0.2, -0.15) is 0 Å². The molecule has 0 amide bonds. The highest BCUT2D eigenvalue weighted by Gasteiger charge is 2.25. The van der Waals surface area contributed by atoms with E-state index in [9.17, 15) is 9.50 Å². The fourth-order valence-corrected chi connectivity index (χ4v) is 1.86. The Kier molecular flexibility index (Phi) is 3.03. The Bertz CT molecular complexity index is 345. The number of aliphatic hydroxyl groups is 1. The Morgan fingerprint density at radius 3 is 2.93 bits per heavy atom. The van der Waals surface area contributed by atoms with Crippen LogP contribution < -0.4 is 0 Å². The van der Waals surface area contributed by atoms with E-state index in [2.05, 4.69) is 0 Å². The van der Waals surface area contributed by atoms with E-state index in [1.54, 1.807) is 19.1 Å². The summed E-state index contributed by atoms with van der Waals surface area (Å²) in [4.78, 5) is 0. The topological polar surface area (TPSA) is 29.5 Å². The summed E-state index contributed by atoms with van der Waals surface area (Å²) in [6.07, 6.45) is 0.932. The van der Waals surface area contributed by atoms with Crippen molar-refractivity contribution < 1.29 is 14.2 Å². The molecule has 0 saturated carbocycles. The molecular weight excluding hydrogens is 195 g/mol. The zero-order valence-corrected chi connectivity index (χ0v) is 8.74. The lowest BCUT2D eigenvalue weighted by Crippen LogP contribution is -2.17. The van der Waals surface area contributed by atoms with Crippen LogP contribution >= 0.6 is 0 Å². The number of rotatable bonds is 2. The monoisotopic (exact) mass is 210 g/mol. The number of halogens is 1. The van der Waals surface area contributed by atoms with Gasteiger partial charge in [-0.05, 0) is 37.0 Å². The summed E-state index contributed by atoms with van der Waals surface area (Å²) in [5.74, 6) is -0.274. The average molecular weight is 210 g/mol. The summed E-state index contributed by atoms with van der Waals surface area (Å²) in [6, 6.07) is 4.83. The van der Waals surface area contributed by atoms with Gasteiger partial charge in [-0.3, -0.25) is 0 Å². The first-order chi connectivity index (χ1) is 7.18. The van der Waals surface area contributed by atoms with E-state index < -0.39 is 6.10 Å². The molecule has 0 aliphatic carbocycles. The molecule has 82 valence electrons. The third-order valence-electron chi connectivity index (χ3n) is 2.85. The molecule has 0 aromatic heterocycles. The van der Waals surface area contributed by atoms with Crippen LogP contribution in [-0.4, -0.2) is 17.8 Å². The van der Waals surface area contributed by atoms with Crippen LogP contribution in [0.25, 0.3) is 0 Å². The van der Waals surface area contributed by atoms with E-state index in [1.807, 2.05) is 0 Å². The predicted octanol–water partition coefficient (Wildman–Crippen LogP) is 2.35. The maximum absolute atomic E-state index is 13.3. The van der Waals surface area contributed by atoms with Crippen LogP contribution in [-0.2, 0) is 4.74 Å². The summed E-state index contributed by atoms with van der Waals surface area (Å²) in [6.45, 7) is 2.40. The Morgan fingerprint density at radius 1 is 1.53 bits per heavy atom. The van der Waals surface area contributed by atoms with Crippen LogP contribution in [0.2, 0.25) is 0 Å². The number of hydrogen-bond donors (Lipinski definition) is 1. The second kappa shape index (κ2) is 4.29. The third-order valence-corrected chi connectivity index (χ3v) is 2.85. The van der Waals surface area contributed by atoms with Crippen LogP contribution in [0.5, 0.6) is 0 Å². The Labute approximate surface area is 88.7 Å². The lowest BCUT2D eigenvalue weighted by molar-refractivity contribution is -0.00272. The van der Waals surface area contributed by atoms with Crippen molar-refractivity contribution in [3.05, 3.63) is 35.1 Å². The minimum absolute atomic E-state index is 0.174. The molecule has 1 aliphatic heterocycles. The van der Waals surface area contributed by atoms with Gasteiger partial charge >= 0.3 is 0 Å². The van der Waals surface area contributed by atoms with Gasteiger partial charge in [-0.1, -0.05) is 12.1 Å². The van der Waals surface area contributed by atoms with Gasteiger partial charge in [-0.15, -0.1) is 0 Å². The number of hydrogen-bond acceptors (Lipinski definition) is 2. The van der Waals surface area contributed by atoms with E-state index in [4.69, 9.17) is 4.74 Å². The molecule has 0 bridgehead atoms. The average Bonchev–Trinajstić information content (AvgIpc) is 2.74. The van der Waals surface area contributed by atoms with Crippen molar-refractivity contribution in [3.8, 4) is 0 Å². The van der Waals surface area contributed by atoms with Crippen LogP contribution in [0.1, 0.15) is 30.1 Å². The van der Waals surface area contributed by atoms with Gasteiger partial charge in [0.2, 0.25) is 0 Å². The van der Waals surface area contributed by atoms with Crippen LogP contribution in [0.3, 0.4) is 0 Å². The van der Waals surface area contributed by atoms with E-state index in [0.717, 1.165) is 12.8 Å². The molecule has 2 unspecified atom stereocenters. The van der Waals surface area contributed by atoms with E-state index >= 15 is 0 Å². The standard InChI is InChI=1S/C12H15FO2/c1-8-4-5-9(7-10(8)13)12(14)11-3-2-6-15-11/h4-5,7,11-12,14H,2-3,6H2,1H3. The van der Waals surface area contributed by atoms with Gasteiger partial charge in [0.15, 0.2) is 0 Å². The molecule has 1 aromatic carbocycles. The lowest BCUT2D eigenvalue weighted by Gasteiger charge is -2.17. The zero-order chi connectivity index (χ0) is 10.8. The molecule has 3 heteroatoms. The summed E-state index contributed by atoms with van der Waals surface area (Å²) in [5, 5.41) is 9.94. The van der Waals surface area contributed by atoms with Crippen molar-refractivity contribution in [3.63, 3.8) is 0 Å². The van der Waals surface area contributed by atoms with Gasteiger partial charge in [0, 0.05) is 6.61 Å². The van der Waals surface area contributed by atoms with Gasteiger partial charge in [-0.25, -0.2) is 4.39 Å². The maximum Gasteiger partial charge on any atom is 0.126 e. The molecule has 1 aromatic rings. The fraction of sp³-hybridized carbons (Fsp3) is 0.500. The fourth-order valence-electron chi connectivity index (χ4n) is 1.86. The van der Waals surface area contributed by atoms with Gasteiger partial charge in [0.25, 0.3) is 0 Å². The molecule has 0 radical (unpaired) electrons. The van der Waals surface area contributed by atoms with Crippen molar-refractivity contribution in [1.29, 1.82) is 0 Å². The molecule has 0 spiro atoms. The lowest BCUT2D eigenvalue weighted by atomic mass is 10.0. The molecular formula is C12H15FO2. The normalized spacial score (nSPS) is 23.0. The largest absolute Gasteiger partial charge is 0.386 e. The van der Waals surface area contributed by atoms with Gasteiger partial charge < -0.3 is 9.84 Å². The van der Waals surface area contributed by atoms with Crippen LogP contribution in [0.4, 0.5) is 4.39 Å². The molecule has 1 saturated heterocycles. The molecule has 2 atom stereocenters. The summed E-state index contributed by atoms with van der Waals surface area (Å²) >= 11 is 0. The molecule has 2 rings (SSSR count). The highest BCUT2D eigenvalue weighted by Crippen LogP contribution is 2.27. The minimum Gasteiger partial charge on any atom is -0.386 e. The van der Waals surface area contributed by atoms with Gasteiger partial charge in [0.1, 0.15) is 11.9 Å². The highest BCUT2D eigenvalue weighted by molar-refractivity contribution is 5.25. The first kappa shape index (κ1) is 10.6.